The van der Waals surface area contributed by atoms with Crippen molar-refractivity contribution in [3.05, 3.63) is 46.1 Å². The molecule has 0 aliphatic carbocycles. The summed E-state index contributed by atoms with van der Waals surface area (Å²) in [7, 11) is 1.46. The maximum Gasteiger partial charge on any atom is 0.307 e. The Morgan fingerprint density at radius 3 is 2.83 bits per heavy atom. The lowest BCUT2D eigenvalue weighted by atomic mass is 10.1. The summed E-state index contributed by atoms with van der Waals surface area (Å²) in [4.78, 5) is 48.7. The summed E-state index contributed by atoms with van der Waals surface area (Å²) in [5, 5.41) is 10.1. The van der Waals surface area contributed by atoms with Gasteiger partial charge in [-0.3, -0.25) is 14.4 Å². The predicted molar refractivity (Wildman–Crippen MR) is 133 cm³/mol. The summed E-state index contributed by atoms with van der Waals surface area (Å²) in [5.74, 6) is -1.31. The minimum Gasteiger partial charge on any atom is -0.481 e. The van der Waals surface area contributed by atoms with Crippen molar-refractivity contribution in [1.82, 2.24) is 19.8 Å². The molecule has 190 valence electrons. The van der Waals surface area contributed by atoms with Crippen molar-refractivity contribution in [1.29, 1.82) is 0 Å². The van der Waals surface area contributed by atoms with Gasteiger partial charge in [-0.25, -0.2) is 9.97 Å². The van der Waals surface area contributed by atoms with E-state index in [0.717, 1.165) is 22.3 Å². The molecule has 1 aliphatic heterocycles. The molecule has 0 radical (unpaired) electrons. The topological polar surface area (TPSA) is 148 Å². The highest BCUT2D eigenvalue weighted by Crippen LogP contribution is 2.34. The fourth-order valence-corrected chi connectivity index (χ4v) is 5.15. The second-order valence-corrected chi connectivity index (χ2v) is 9.80. The lowest BCUT2D eigenvalue weighted by Crippen LogP contribution is -2.60. The number of benzene rings is 1. The second kappa shape index (κ2) is 11.1. The van der Waals surface area contributed by atoms with Gasteiger partial charge in [-0.2, -0.15) is 0 Å². The van der Waals surface area contributed by atoms with Crippen molar-refractivity contribution in [2.75, 3.05) is 39.1 Å². The Hall–Kier alpha value is -3.48. The maximum absolute atomic E-state index is 13.3. The van der Waals surface area contributed by atoms with Gasteiger partial charge >= 0.3 is 5.97 Å². The van der Waals surface area contributed by atoms with Crippen LogP contribution in [0.25, 0.3) is 10.9 Å². The fourth-order valence-electron chi connectivity index (χ4n) is 4.05. The summed E-state index contributed by atoms with van der Waals surface area (Å²) in [6.07, 6.45) is 1.12. The molecule has 3 heterocycles. The molecular weight excluding hydrogens is 510 g/mol. The van der Waals surface area contributed by atoms with Crippen LogP contribution in [-0.2, 0) is 32.1 Å². The number of thiophene rings is 1. The number of rotatable bonds is 9. The number of carbonyl (C=O) groups is 3. The average molecular weight is 534 g/mol. The van der Waals surface area contributed by atoms with E-state index in [1.807, 2.05) is 18.2 Å². The van der Waals surface area contributed by atoms with Gasteiger partial charge in [0.1, 0.15) is 18.2 Å². The Morgan fingerprint density at radius 1 is 1.28 bits per heavy atom. The third-order valence-corrected chi connectivity index (χ3v) is 6.96. The minimum atomic E-state index is -1.04. The third-order valence-electron chi connectivity index (χ3n) is 5.74. The molecule has 13 heteroatoms. The van der Waals surface area contributed by atoms with E-state index in [0.29, 0.717) is 34.3 Å². The van der Waals surface area contributed by atoms with Crippen molar-refractivity contribution >= 4 is 57.4 Å². The first-order valence-corrected chi connectivity index (χ1v) is 12.2. The molecule has 1 aliphatic rings. The Morgan fingerprint density at radius 2 is 2.08 bits per heavy atom. The van der Waals surface area contributed by atoms with Gasteiger partial charge < -0.3 is 30.1 Å². The van der Waals surface area contributed by atoms with E-state index in [1.54, 1.807) is 4.90 Å². The standard InChI is InChI=1S/C23H24ClN5O6S/c1-34-10-17-22(33)28(9-13-2-3-15-16(6-13)26-12-27-21(15)25)4-5-29(17)19(30)11-35-23-14(8-20(31)32)7-18(24)36-23/h2-3,6-7,12,17H,4-5,8-11H2,1H3,(H,31,32)(H2,25,26,27)/t17-/m1/s1. The Labute approximate surface area is 215 Å². The van der Waals surface area contributed by atoms with Gasteiger partial charge in [-0.15, -0.1) is 0 Å². The normalized spacial score (nSPS) is 15.9. The summed E-state index contributed by atoms with van der Waals surface area (Å²) in [6.45, 7) is 0.617. The number of aliphatic carboxylic acids is 1. The van der Waals surface area contributed by atoms with Gasteiger partial charge in [0, 0.05) is 37.7 Å². The van der Waals surface area contributed by atoms with Gasteiger partial charge in [0.25, 0.3) is 5.91 Å². The number of nitrogen functional groups attached to an aromatic ring is 1. The van der Waals surface area contributed by atoms with Gasteiger partial charge in [-0.05, 0) is 23.8 Å². The van der Waals surface area contributed by atoms with E-state index in [2.05, 4.69) is 9.97 Å². The van der Waals surface area contributed by atoms with Crippen LogP contribution >= 0.6 is 22.9 Å². The molecule has 36 heavy (non-hydrogen) atoms. The van der Waals surface area contributed by atoms with E-state index in [9.17, 15) is 14.4 Å². The van der Waals surface area contributed by atoms with Crippen molar-refractivity contribution in [3.8, 4) is 5.06 Å². The lowest BCUT2D eigenvalue weighted by molar-refractivity contribution is -0.155. The molecule has 1 fully saturated rings. The number of hydrogen-bond donors (Lipinski definition) is 2. The van der Waals surface area contributed by atoms with Crippen LogP contribution in [0.5, 0.6) is 5.06 Å². The molecular formula is C23H24ClN5O6S. The number of aromatic nitrogens is 2. The highest BCUT2D eigenvalue weighted by Gasteiger charge is 2.37. The van der Waals surface area contributed by atoms with E-state index in [-0.39, 0.29) is 37.1 Å². The first kappa shape index (κ1) is 25.6. The van der Waals surface area contributed by atoms with Crippen molar-refractivity contribution in [2.24, 2.45) is 0 Å². The van der Waals surface area contributed by atoms with Crippen molar-refractivity contribution in [3.63, 3.8) is 0 Å². The monoisotopic (exact) mass is 533 g/mol. The number of amides is 2. The average Bonchev–Trinajstić information content (AvgIpc) is 3.18. The third kappa shape index (κ3) is 5.66. The number of hydrogen-bond acceptors (Lipinski definition) is 9. The minimum absolute atomic E-state index is 0.0254. The molecule has 3 N–H and O–H groups in total. The molecule has 3 aromatic rings. The number of carbonyl (C=O) groups excluding carboxylic acids is 2. The zero-order valence-electron chi connectivity index (χ0n) is 19.3. The summed E-state index contributed by atoms with van der Waals surface area (Å²) < 4.78 is 11.2. The van der Waals surface area contributed by atoms with Gasteiger partial charge in [0.05, 0.1) is 22.9 Å². The molecule has 11 nitrogen and oxygen atoms in total. The molecule has 0 bridgehead atoms. The first-order valence-electron chi connectivity index (χ1n) is 11.0. The molecule has 4 rings (SSSR count). The number of anilines is 1. The van der Waals surface area contributed by atoms with E-state index >= 15 is 0 Å². The lowest BCUT2D eigenvalue weighted by Gasteiger charge is -2.40. The van der Waals surface area contributed by atoms with Crippen molar-refractivity contribution < 1.29 is 29.0 Å². The smallest absolute Gasteiger partial charge is 0.307 e. The van der Waals surface area contributed by atoms with Crippen LogP contribution in [0, 0.1) is 0 Å². The maximum atomic E-state index is 13.3. The quantitative estimate of drug-likeness (QED) is 0.420. The molecule has 2 aromatic heterocycles. The molecule has 0 spiro atoms. The predicted octanol–water partition coefficient (Wildman–Crippen LogP) is 1.82. The fraction of sp³-hybridized carbons (Fsp3) is 0.348. The number of halogens is 1. The molecule has 1 saturated heterocycles. The Kier molecular flexibility index (Phi) is 7.87. The van der Waals surface area contributed by atoms with E-state index in [4.69, 9.17) is 31.9 Å². The van der Waals surface area contributed by atoms with Gasteiger partial charge in [0.15, 0.2) is 11.7 Å². The molecule has 1 aromatic carbocycles. The number of fused-ring (bicyclic) bond motifs is 1. The molecule has 0 unspecified atom stereocenters. The number of ether oxygens (including phenoxy) is 2. The summed E-state index contributed by atoms with van der Waals surface area (Å²) in [5.41, 5.74) is 7.83. The summed E-state index contributed by atoms with van der Waals surface area (Å²) >= 11 is 7.04. The van der Waals surface area contributed by atoms with Crippen LogP contribution in [0.15, 0.2) is 30.6 Å². The first-order chi connectivity index (χ1) is 17.3. The Balaban J connectivity index is 1.43. The highest BCUT2D eigenvalue weighted by atomic mass is 35.5. The van der Waals surface area contributed by atoms with Crippen LogP contribution in [0.2, 0.25) is 4.34 Å². The van der Waals surface area contributed by atoms with Crippen LogP contribution in [0.1, 0.15) is 11.1 Å². The van der Waals surface area contributed by atoms with Crippen LogP contribution in [0.3, 0.4) is 0 Å². The second-order valence-electron chi connectivity index (χ2n) is 8.15. The largest absolute Gasteiger partial charge is 0.481 e. The molecule has 0 saturated carbocycles. The van der Waals surface area contributed by atoms with Gasteiger partial charge in [0.2, 0.25) is 5.91 Å². The summed E-state index contributed by atoms with van der Waals surface area (Å²) in [6, 6.07) is 6.24. The van der Waals surface area contributed by atoms with Crippen LogP contribution in [0.4, 0.5) is 5.82 Å². The van der Waals surface area contributed by atoms with Crippen LogP contribution in [-0.4, -0.2) is 82.1 Å². The number of nitrogens with zero attached hydrogens (tertiary/aromatic N) is 4. The zero-order valence-corrected chi connectivity index (χ0v) is 20.9. The number of carboxylic acid groups (broad SMARTS) is 1. The van der Waals surface area contributed by atoms with Gasteiger partial charge in [-0.1, -0.05) is 29.0 Å². The van der Waals surface area contributed by atoms with E-state index < -0.39 is 17.9 Å². The zero-order chi connectivity index (χ0) is 25.8. The van der Waals surface area contributed by atoms with E-state index in [1.165, 1.54) is 24.4 Å². The number of carboxylic acids is 1. The SMILES string of the molecule is COC[C@@H]1C(=O)N(Cc2ccc3c(N)ncnc3c2)CCN1C(=O)COc1sc(Cl)cc1CC(=O)O. The van der Waals surface area contributed by atoms with Crippen molar-refractivity contribution in [2.45, 2.75) is 19.0 Å². The number of piperazine rings is 1. The molecule has 1 atom stereocenters. The number of nitrogens with two attached hydrogens (primary N) is 1. The number of methoxy groups -OCH3 is 1. The highest BCUT2D eigenvalue weighted by molar-refractivity contribution is 7.18. The van der Waals surface area contributed by atoms with Crippen LogP contribution < -0.4 is 10.5 Å². The Bertz CT molecular complexity index is 1300. The molecule has 2 amide bonds.